The van der Waals surface area contributed by atoms with Crippen LogP contribution in [0, 0.1) is 5.82 Å². The molecule has 0 aliphatic heterocycles. The van der Waals surface area contributed by atoms with Crippen molar-refractivity contribution in [3.05, 3.63) is 92.9 Å². The van der Waals surface area contributed by atoms with E-state index in [0.29, 0.717) is 10.6 Å². The minimum atomic E-state index is -0.368. The summed E-state index contributed by atoms with van der Waals surface area (Å²) in [5.41, 5.74) is 1.16. The molecule has 2 amide bonds. The van der Waals surface area contributed by atoms with Crippen molar-refractivity contribution in [1.82, 2.24) is 10.6 Å². The van der Waals surface area contributed by atoms with Crippen LogP contribution in [0.25, 0.3) is 0 Å². The van der Waals surface area contributed by atoms with Crippen LogP contribution in [-0.4, -0.2) is 18.4 Å². The van der Waals surface area contributed by atoms with E-state index in [4.69, 9.17) is 11.6 Å². The quantitative estimate of drug-likeness (QED) is 0.593. The lowest BCUT2D eigenvalue weighted by Gasteiger charge is -2.18. The summed E-state index contributed by atoms with van der Waals surface area (Å²) in [6, 6.07) is 16.2. The van der Waals surface area contributed by atoms with E-state index < -0.39 is 0 Å². The molecular weight excluding hydrogens is 399 g/mol. The van der Waals surface area contributed by atoms with Crippen LogP contribution in [0.2, 0.25) is 5.02 Å². The zero-order chi connectivity index (χ0) is 19.9. The standard InChI is InChI=1S/C21H18ClFN2O2S/c22-17-5-2-1-4-16(17)21(27)24-12-11-19(26)25-20(18-6-3-13-28-18)14-7-9-15(23)10-8-14/h1-10,13,20H,11-12H2,(H,24,27)(H,25,26)/t20-/m1/s1. The summed E-state index contributed by atoms with van der Waals surface area (Å²) in [5.74, 6) is -0.879. The maximum Gasteiger partial charge on any atom is 0.252 e. The third-order valence-electron chi connectivity index (χ3n) is 4.09. The Kier molecular flexibility index (Phi) is 6.79. The number of carbonyl (C=O) groups excluding carboxylic acids is 2. The predicted octanol–water partition coefficient (Wildman–Crippen LogP) is 4.57. The summed E-state index contributed by atoms with van der Waals surface area (Å²) in [7, 11) is 0. The molecule has 144 valence electrons. The highest BCUT2D eigenvalue weighted by molar-refractivity contribution is 7.10. The molecule has 2 N–H and O–H groups in total. The van der Waals surface area contributed by atoms with Crippen molar-refractivity contribution in [3.8, 4) is 0 Å². The van der Waals surface area contributed by atoms with Gasteiger partial charge in [-0.3, -0.25) is 9.59 Å². The van der Waals surface area contributed by atoms with Crippen LogP contribution in [0.4, 0.5) is 4.39 Å². The largest absolute Gasteiger partial charge is 0.351 e. The highest BCUT2D eigenvalue weighted by Crippen LogP contribution is 2.26. The molecule has 0 bridgehead atoms. The van der Waals surface area contributed by atoms with Gasteiger partial charge in [-0.05, 0) is 41.3 Å². The Balaban J connectivity index is 1.59. The normalized spacial score (nSPS) is 11.6. The van der Waals surface area contributed by atoms with E-state index in [1.54, 1.807) is 36.4 Å². The molecule has 0 spiro atoms. The van der Waals surface area contributed by atoms with Crippen molar-refractivity contribution in [2.75, 3.05) is 6.54 Å². The number of halogens is 2. The van der Waals surface area contributed by atoms with Crippen LogP contribution >= 0.6 is 22.9 Å². The second-order valence-corrected chi connectivity index (χ2v) is 7.44. The van der Waals surface area contributed by atoms with E-state index in [1.165, 1.54) is 23.5 Å². The summed E-state index contributed by atoms with van der Waals surface area (Å²) < 4.78 is 13.2. The Morgan fingerprint density at radius 1 is 1.04 bits per heavy atom. The molecule has 3 aromatic rings. The molecule has 7 heteroatoms. The number of carbonyl (C=O) groups is 2. The molecule has 0 saturated heterocycles. The van der Waals surface area contributed by atoms with Gasteiger partial charge in [0.2, 0.25) is 5.91 Å². The molecule has 0 saturated carbocycles. The monoisotopic (exact) mass is 416 g/mol. The van der Waals surface area contributed by atoms with Gasteiger partial charge in [-0.25, -0.2) is 4.39 Å². The fourth-order valence-electron chi connectivity index (χ4n) is 2.69. The number of hydrogen-bond acceptors (Lipinski definition) is 3. The molecule has 0 aliphatic rings. The van der Waals surface area contributed by atoms with Crippen LogP contribution < -0.4 is 10.6 Å². The molecule has 1 heterocycles. The van der Waals surface area contributed by atoms with Crippen molar-refractivity contribution < 1.29 is 14.0 Å². The van der Waals surface area contributed by atoms with Gasteiger partial charge >= 0.3 is 0 Å². The first kappa shape index (κ1) is 20.0. The average Bonchev–Trinajstić information content (AvgIpc) is 3.22. The SMILES string of the molecule is O=C(CCNC(=O)c1ccccc1Cl)N[C@H](c1ccc(F)cc1)c1cccs1. The van der Waals surface area contributed by atoms with E-state index in [9.17, 15) is 14.0 Å². The first-order chi connectivity index (χ1) is 13.5. The zero-order valence-electron chi connectivity index (χ0n) is 14.8. The lowest BCUT2D eigenvalue weighted by molar-refractivity contribution is -0.121. The average molecular weight is 417 g/mol. The lowest BCUT2D eigenvalue weighted by Crippen LogP contribution is -2.33. The summed E-state index contributed by atoms with van der Waals surface area (Å²) in [6.07, 6.45) is 0.110. The van der Waals surface area contributed by atoms with Gasteiger partial charge in [-0.1, -0.05) is 41.9 Å². The summed E-state index contributed by atoms with van der Waals surface area (Å²) in [4.78, 5) is 25.5. The van der Waals surface area contributed by atoms with Crippen LogP contribution in [0.3, 0.4) is 0 Å². The van der Waals surface area contributed by atoms with Crippen LogP contribution in [0.1, 0.15) is 33.3 Å². The molecule has 0 radical (unpaired) electrons. The summed E-state index contributed by atoms with van der Waals surface area (Å²) in [5, 5.41) is 7.92. The highest BCUT2D eigenvalue weighted by Gasteiger charge is 2.18. The van der Waals surface area contributed by atoms with E-state index in [0.717, 1.165) is 10.4 Å². The zero-order valence-corrected chi connectivity index (χ0v) is 16.4. The molecule has 3 rings (SSSR count). The predicted molar refractivity (Wildman–Crippen MR) is 109 cm³/mol. The molecule has 1 aromatic heterocycles. The van der Waals surface area contributed by atoms with Gasteiger partial charge < -0.3 is 10.6 Å². The number of benzene rings is 2. The van der Waals surface area contributed by atoms with Crippen LogP contribution in [0.5, 0.6) is 0 Å². The van der Waals surface area contributed by atoms with Gasteiger partial charge in [0.05, 0.1) is 16.6 Å². The first-order valence-corrected chi connectivity index (χ1v) is 9.91. The maximum absolute atomic E-state index is 13.2. The summed E-state index contributed by atoms with van der Waals surface area (Å²) >= 11 is 7.51. The molecule has 0 aliphatic carbocycles. The molecule has 1 atom stereocenters. The number of nitrogens with one attached hydrogen (secondary N) is 2. The molecule has 0 unspecified atom stereocenters. The van der Waals surface area contributed by atoms with Crippen molar-refractivity contribution >= 4 is 34.8 Å². The van der Waals surface area contributed by atoms with Crippen LogP contribution in [-0.2, 0) is 4.79 Å². The van der Waals surface area contributed by atoms with Gasteiger partial charge in [0.1, 0.15) is 5.82 Å². The molecule has 0 fully saturated rings. The minimum Gasteiger partial charge on any atom is -0.351 e. The third-order valence-corrected chi connectivity index (χ3v) is 5.36. The number of thiophene rings is 1. The smallest absolute Gasteiger partial charge is 0.252 e. The molecule has 28 heavy (non-hydrogen) atoms. The third kappa shape index (κ3) is 5.18. The van der Waals surface area contributed by atoms with Gasteiger partial charge in [0, 0.05) is 17.8 Å². The number of rotatable bonds is 7. The fraction of sp³-hybridized carbons (Fsp3) is 0.143. The van der Waals surface area contributed by atoms with Crippen molar-refractivity contribution in [3.63, 3.8) is 0 Å². The number of hydrogen-bond donors (Lipinski definition) is 2. The Morgan fingerprint density at radius 2 is 1.79 bits per heavy atom. The van der Waals surface area contributed by atoms with E-state index in [1.807, 2.05) is 17.5 Å². The minimum absolute atomic E-state index is 0.110. The topological polar surface area (TPSA) is 58.2 Å². The Bertz CT molecular complexity index is 945. The fourth-order valence-corrected chi connectivity index (χ4v) is 3.72. The van der Waals surface area contributed by atoms with E-state index >= 15 is 0 Å². The highest BCUT2D eigenvalue weighted by atomic mass is 35.5. The molecule has 2 aromatic carbocycles. The molecule has 4 nitrogen and oxygen atoms in total. The van der Waals surface area contributed by atoms with Crippen molar-refractivity contribution in [2.45, 2.75) is 12.5 Å². The number of amides is 2. The van der Waals surface area contributed by atoms with Crippen molar-refractivity contribution in [1.29, 1.82) is 0 Å². The van der Waals surface area contributed by atoms with Crippen LogP contribution in [0.15, 0.2) is 66.0 Å². The second kappa shape index (κ2) is 9.48. The Morgan fingerprint density at radius 3 is 2.46 bits per heavy atom. The lowest BCUT2D eigenvalue weighted by atomic mass is 10.1. The first-order valence-electron chi connectivity index (χ1n) is 8.65. The van der Waals surface area contributed by atoms with Crippen molar-refractivity contribution in [2.24, 2.45) is 0 Å². The Labute approximate surface area is 171 Å². The summed E-state index contributed by atoms with van der Waals surface area (Å²) in [6.45, 7) is 0.177. The van der Waals surface area contributed by atoms with E-state index in [2.05, 4.69) is 10.6 Å². The van der Waals surface area contributed by atoms with Gasteiger partial charge in [-0.2, -0.15) is 0 Å². The van der Waals surface area contributed by atoms with E-state index in [-0.39, 0.29) is 36.6 Å². The Hall–Kier alpha value is -2.70. The van der Waals surface area contributed by atoms with Gasteiger partial charge in [0.25, 0.3) is 5.91 Å². The molecular formula is C21H18ClFN2O2S. The van der Waals surface area contributed by atoms with Gasteiger partial charge in [0.15, 0.2) is 0 Å². The van der Waals surface area contributed by atoms with Gasteiger partial charge in [-0.15, -0.1) is 11.3 Å². The maximum atomic E-state index is 13.2. The second-order valence-electron chi connectivity index (χ2n) is 6.05.